The molecule has 3 rings (SSSR count). The number of guanidine groups is 1. The first-order valence-electron chi connectivity index (χ1n) is 10.1. The van der Waals surface area contributed by atoms with E-state index in [9.17, 15) is 0 Å². The highest BCUT2D eigenvalue weighted by molar-refractivity contribution is 14.0. The standard InChI is InChI=1S/C23H31N3O2.HI/c1-3-24-23(25-16-18-9-7-13-21(15-18)27-2)26-17-20-12-8-14-28-22(20)19-10-5-4-6-11-19;/h4-7,9-11,13,15,20,22H,3,8,12,14,16-17H2,1-2H3,(H2,24,25,26);1H. The van der Waals surface area contributed by atoms with Crippen LogP contribution in [0.15, 0.2) is 59.6 Å². The molecule has 2 aromatic rings. The van der Waals surface area contributed by atoms with Crippen LogP contribution in [-0.4, -0.2) is 32.8 Å². The highest BCUT2D eigenvalue weighted by Crippen LogP contribution is 2.33. The fourth-order valence-corrected chi connectivity index (χ4v) is 3.57. The monoisotopic (exact) mass is 509 g/mol. The SMILES string of the molecule is CCNC(=NCc1cccc(OC)c1)NCC1CCCOC1c1ccccc1.I. The van der Waals surface area contributed by atoms with Gasteiger partial charge < -0.3 is 20.1 Å². The molecule has 0 radical (unpaired) electrons. The Hall–Kier alpha value is -1.80. The van der Waals surface area contributed by atoms with Crippen molar-refractivity contribution < 1.29 is 9.47 Å². The van der Waals surface area contributed by atoms with Crippen LogP contribution in [0.25, 0.3) is 0 Å². The van der Waals surface area contributed by atoms with Gasteiger partial charge in [0.2, 0.25) is 0 Å². The van der Waals surface area contributed by atoms with Crippen molar-refractivity contribution in [2.45, 2.75) is 32.4 Å². The lowest BCUT2D eigenvalue weighted by Gasteiger charge is -2.32. The van der Waals surface area contributed by atoms with Crippen LogP contribution in [0.5, 0.6) is 5.75 Å². The molecule has 29 heavy (non-hydrogen) atoms. The first kappa shape index (κ1) is 23.5. The first-order chi connectivity index (χ1) is 13.8. The highest BCUT2D eigenvalue weighted by Gasteiger charge is 2.27. The number of hydrogen-bond donors (Lipinski definition) is 2. The summed E-state index contributed by atoms with van der Waals surface area (Å²) in [6.07, 6.45) is 2.40. The van der Waals surface area contributed by atoms with Gasteiger partial charge in [0, 0.05) is 25.6 Å². The summed E-state index contributed by atoms with van der Waals surface area (Å²) in [6.45, 7) is 5.19. The summed E-state index contributed by atoms with van der Waals surface area (Å²) < 4.78 is 11.4. The van der Waals surface area contributed by atoms with Crippen molar-refractivity contribution in [1.82, 2.24) is 10.6 Å². The minimum Gasteiger partial charge on any atom is -0.497 e. The molecule has 1 fully saturated rings. The molecule has 158 valence electrons. The van der Waals surface area contributed by atoms with Crippen LogP contribution in [-0.2, 0) is 11.3 Å². The van der Waals surface area contributed by atoms with Crippen LogP contribution < -0.4 is 15.4 Å². The fraction of sp³-hybridized carbons (Fsp3) is 0.435. The molecule has 2 N–H and O–H groups in total. The summed E-state index contributed by atoms with van der Waals surface area (Å²) in [7, 11) is 1.68. The van der Waals surface area contributed by atoms with Crippen LogP contribution in [0.1, 0.15) is 37.0 Å². The Balaban J connectivity index is 0.00000300. The lowest BCUT2D eigenvalue weighted by Crippen LogP contribution is -2.42. The number of nitrogens with zero attached hydrogens (tertiary/aromatic N) is 1. The van der Waals surface area contributed by atoms with Gasteiger partial charge in [-0.25, -0.2) is 4.99 Å². The molecule has 1 aliphatic heterocycles. The minimum atomic E-state index is 0. The predicted molar refractivity (Wildman–Crippen MR) is 129 cm³/mol. The van der Waals surface area contributed by atoms with Gasteiger partial charge in [0.15, 0.2) is 5.96 Å². The van der Waals surface area contributed by atoms with Crippen molar-refractivity contribution in [2.24, 2.45) is 10.9 Å². The van der Waals surface area contributed by atoms with Gasteiger partial charge in [0.05, 0.1) is 19.8 Å². The van der Waals surface area contributed by atoms with Gasteiger partial charge >= 0.3 is 0 Å². The van der Waals surface area contributed by atoms with Gasteiger partial charge in [0.25, 0.3) is 0 Å². The molecule has 2 aromatic carbocycles. The summed E-state index contributed by atoms with van der Waals surface area (Å²) >= 11 is 0. The molecular formula is C23H32IN3O2. The molecule has 6 heteroatoms. The van der Waals surface area contributed by atoms with Crippen molar-refractivity contribution in [3.05, 3.63) is 65.7 Å². The number of ether oxygens (including phenoxy) is 2. The van der Waals surface area contributed by atoms with Crippen molar-refractivity contribution >= 4 is 29.9 Å². The predicted octanol–water partition coefficient (Wildman–Crippen LogP) is 4.54. The number of methoxy groups -OCH3 is 1. The average molecular weight is 509 g/mol. The molecule has 5 nitrogen and oxygen atoms in total. The molecule has 1 heterocycles. The van der Waals surface area contributed by atoms with Crippen LogP contribution >= 0.6 is 24.0 Å². The normalized spacial score (nSPS) is 19.2. The molecule has 2 atom stereocenters. The third-order valence-electron chi connectivity index (χ3n) is 5.00. The number of rotatable bonds is 7. The van der Waals surface area contributed by atoms with Gasteiger partial charge in [-0.15, -0.1) is 24.0 Å². The van der Waals surface area contributed by atoms with E-state index in [1.807, 2.05) is 24.3 Å². The molecule has 2 unspecified atom stereocenters. The Morgan fingerprint density at radius 2 is 1.97 bits per heavy atom. The van der Waals surface area contributed by atoms with Crippen LogP contribution in [0.3, 0.4) is 0 Å². The van der Waals surface area contributed by atoms with E-state index in [1.165, 1.54) is 5.56 Å². The Kier molecular flexibility index (Phi) is 10.3. The van der Waals surface area contributed by atoms with Gasteiger partial charge in [-0.1, -0.05) is 42.5 Å². The van der Waals surface area contributed by atoms with E-state index in [-0.39, 0.29) is 30.1 Å². The van der Waals surface area contributed by atoms with Crippen LogP contribution in [0.2, 0.25) is 0 Å². The third-order valence-corrected chi connectivity index (χ3v) is 5.00. The fourth-order valence-electron chi connectivity index (χ4n) is 3.57. The van der Waals surface area contributed by atoms with Crippen molar-refractivity contribution in [2.75, 3.05) is 26.8 Å². The summed E-state index contributed by atoms with van der Waals surface area (Å²) in [6, 6.07) is 18.6. The maximum atomic E-state index is 6.11. The largest absolute Gasteiger partial charge is 0.497 e. The van der Waals surface area contributed by atoms with Crippen molar-refractivity contribution in [3.63, 3.8) is 0 Å². The van der Waals surface area contributed by atoms with E-state index in [0.29, 0.717) is 12.5 Å². The zero-order valence-corrected chi connectivity index (χ0v) is 19.6. The Labute approximate surface area is 191 Å². The topological polar surface area (TPSA) is 54.9 Å². The van der Waals surface area contributed by atoms with E-state index < -0.39 is 0 Å². The molecule has 0 spiro atoms. The Morgan fingerprint density at radius 3 is 2.72 bits per heavy atom. The number of nitrogens with one attached hydrogen (secondary N) is 2. The summed E-state index contributed by atoms with van der Waals surface area (Å²) in [5.41, 5.74) is 2.38. The second-order valence-corrected chi connectivity index (χ2v) is 7.03. The van der Waals surface area contributed by atoms with E-state index in [4.69, 9.17) is 14.5 Å². The van der Waals surface area contributed by atoms with Crippen molar-refractivity contribution in [3.8, 4) is 5.75 Å². The third kappa shape index (κ3) is 7.19. The molecule has 0 aliphatic carbocycles. The summed E-state index contributed by atoms with van der Waals surface area (Å²) in [5.74, 6) is 2.12. The average Bonchev–Trinajstić information content (AvgIpc) is 2.76. The number of benzene rings is 2. The molecule has 1 saturated heterocycles. The number of aliphatic imine (C=N–C) groups is 1. The zero-order valence-electron chi connectivity index (χ0n) is 17.3. The van der Waals surface area contributed by atoms with E-state index in [0.717, 1.165) is 49.8 Å². The molecule has 0 saturated carbocycles. The molecule has 0 bridgehead atoms. The van der Waals surface area contributed by atoms with Gasteiger partial charge in [0.1, 0.15) is 5.75 Å². The lowest BCUT2D eigenvalue weighted by atomic mass is 9.89. The van der Waals surface area contributed by atoms with Crippen LogP contribution in [0, 0.1) is 5.92 Å². The Bertz CT molecular complexity index is 755. The van der Waals surface area contributed by atoms with E-state index in [2.05, 4.69) is 47.9 Å². The molecule has 0 amide bonds. The second-order valence-electron chi connectivity index (χ2n) is 7.03. The smallest absolute Gasteiger partial charge is 0.191 e. The summed E-state index contributed by atoms with van der Waals surface area (Å²) in [5, 5.41) is 6.86. The number of halogens is 1. The minimum absolute atomic E-state index is 0. The molecule has 0 aromatic heterocycles. The van der Waals surface area contributed by atoms with E-state index in [1.54, 1.807) is 7.11 Å². The molecule has 1 aliphatic rings. The van der Waals surface area contributed by atoms with E-state index >= 15 is 0 Å². The van der Waals surface area contributed by atoms with Gasteiger partial charge in [-0.3, -0.25) is 0 Å². The quantitative estimate of drug-likeness (QED) is 0.327. The highest BCUT2D eigenvalue weighted by atomic mass is 127. The first-order valence-corrected chi connectivity index (χ1v) is 10.1. The van der Waals surface area contributed by atoms with Crippen molar-refractivity contribution in [1.29, 1.82) is 0 Å². The lowest BCUT2D eigenvalue weighted by molar-refractivity contribution is -0.0265. The zero-order chi connectivity index (χ0) is 19.6. The van der Waals surface area contributed by atoms with Gasteiger partial charge in [-0.05, 0) is 43.0 Å². The maximum absolute atomic E-state index is 6.11. The number of hydrogen-bond acceptors (Lipinski definition) is 3. The Morgan fingerprint density at radius 1 is 1.14 bits per heavy atom. The van der Waals surface area contributed by atoms with Gasteiger partial charge in [-0.2, -0.15) is 0 Å². The van der Waals surface area contributed by atoms with Crippen LogP contribution in [0.4, 0.5) is 0 Å². The summed E-state index contributed by atoms with van der Waals surface area (Å²) in [4.78, 5) is 4.74. The maximum Gasteiger partial charge on any atom is 0.191 e. The molecular weight excluding hydrogens is 477 g/mol. The second kappa shape index (κ2) is 12.7.